The van der Waals surface area contributed by atoms with E-state index in [2.05, 4.69) is 5.32 Å². The normalized spacial score (nSPS) is 18.2. The zero-order valence-electron chi connectivity index (χ0n) is 10.8. The summed E-state index contributed by atoms with van der Waals surface area (Å²) in [7, 11) is 0. The van der Waals surface area contributed by atoms with Gasteiger partial charge in [0.15, 0.2) is 0 Å². The van der Waals surface area contributed by atoms with E-state index in [4.69, 9.17) is 9.47 Å². The predicted octanol–water partition coefficient (Wildman–Crippen LogP) is 1.33. The molecule has 5 heteroatoms. The summed E-state index contributed by atoms with van der Waals surface area (Å²) in [6, 6.07) is 6.18. The summed E-state index contributed by atoms with van der Waals surface area (Å²) >= 11 is 0. The number of benzene rings is 1. The van der Waals surface area contributed by atoms with Crippen LogP contribution in [0.3, 0.4) is 0 Å². The molecule has 2 rings (SSSR count). The highest BCUT2D eigenvalue weighted by atomic mass is 19.1. The summed E-state index contributed by atoms with van der Waals surface area (Å²) in [6.07, 6.45) is 1.38. The van der Waals surface area contributed by atoms with Gasteiger partial charge in [0.05, 0.1) is 0 Å². The lowest BCUT2D eigenvalue weighted by Crippen LogP contribution is -2.40. The van der Waals surface area contributed by atoms with Gasteiger partial charge in [-0.3, -0.25) is 0 Å². The molecule has 1 saturated heterocycles. The van der Waals surface area contributed by atoms with Gasteiger partial charge in [-0.05, 0) is 37.1 Å². The average molecular weight is 269 g/mol. The minimum absolute atomic E-state index is 0.196. The van der Waals surface area contributed by atoms with Crippen LogP contribution in [0, 0.1) is 5.82 Å². The maximum atomic E-state index is 12.7. The Bertz CT molecular complexity index is 365. The van der Waals surface area contributed by atoms with Gasteiger partial charge >= 0.3 is 0 Å². The van der Waals surface area contributed by atoms with Gasteiger partial charge < -0.3 is 19.9 Å². The number of ether oxygens (including phenoxy) is 2. The first kappa shape index (κ1) is 14.2. The fraction of sp³-hybridized carbons (Fsp3) is 0.571. The van der Waals surface area contributed by atoms with Crippen molar-refractivity contribution in [2.24, 2.45) is 0 Å². The van der Waals surface area contributed by atoms with Gasteiger partial charge in [-0.25, -0.2) is 4.39 Å². The third-order valence-corrected chi connectivity index (χ3v) is 3.12. The van der Waals surface area contributed by atoms with E-state index < -0.39 is 6.10 Å². The Morgan fingerprint density at radius 1 is 1.32 bits per heavy atom. The maximum Gasteiger partial charge on any atom is 0.123 e. The number of nitrogens with one attached hydrogen (secondary N) is 1. The molecule has 106 valence electrons. The number of hydrogen-bond acceptors (Lipinski definition) is 4. The predicted molar refractivity (Wildman–Crippen MR) is 69.7 cm³/mol. The molecular weight excluding hydrogens is 249 g/mol. The molecule has 0 aliphatic carbocycles. The van der Waals surface area contributed by atoms with Crippen molar-refractivity contribution in [1.82, 2.24) is 5.32 Å². The first-order valence-corrected chi connectivity index (χ1v) is 6.61. The molecule has 1 aliphatic rings. The highest BCUT2D eigenvalue weighted by Crippen LogP contribution is 2.11. The fourth-order valence-corrected chi connectivity index (χ4v) is 1.99. The van der Waals surface area contributed by atoms with E-state index in [-0.39, 0.29) is 12.4 Å². The summed E-state index contributed by atoms with van der Waals surface area (Å²) in [5.41, 5.74) is 0. The van der Waals surface area contributed by atoms with E-state index in [1.165, 1.54) is 12.1 Å². The smallest absolute Gasteiger partial charge is 0.123 e. The van der Waals surface area contributed by atoms with Crippen molar-refractivity contribution in [3.8, 4) is 5.75 Å². The average Bonchev–Trinajstić information content (AvgIpc) is 2.45. The van der Waals surface area contributed by atoms with Crippen molar-refractivity contribution in [3.05, 3.63) is 30.1 Å². The Kier molecular flexibility index (Phi) is 5.57. The quantitative estimate of drug-likeness (QED) is 0.818. The second-order valence-electron chi connectivity index (χ2n) is 4.71. The Morgan fingerprint density at radius 2 is 2.00 bits per heavy atom. The number of aliphatic hydroxyl groups is 1. The highest BCUT2D eigenvalue weighted by Gasteiger charge is 2.14. The molecule has 0 bridgehead atoms. The largest absolute Gasteiger partial charge is 0.491 e. The molecule has 1 aliphatic heterocycles. The third-order valence-electron chi connectivity index (χ3n) is 3.12. The monoisotopic (exact) mass is 269 g/mol. The summed E-state index contributed by atoms with van der Waals surface area (Å²) in [5.74, 6) is 0.264. The van der Waals surface area contributed by atoms with E-state index in [1.54, 1.807) is 12.1 Å². The standard InChI is InChI=1S/C14H20FNO3/c15-11-1-3-14(4-2-11)19-10-13(17)9-16-12-5-7-18-8-6-12/h1-4,12-13,16-17H,5-10H2/t13-/m1/s1. The summed E-state index contributed by atoms with van der Waals surface area (Å²) in [5, 5.41) is 13.1. The molecule has 0 radical (unpaired) electrons. The molecule has 1 atom stereocenters. The minimum Gasteiger partial charge on any atom is -0.491 e. The molecule has 0 aromatic heterocycles. The molecule has 0 unspecified atom stereocenters. The van der Waals surface area contributed by atoms with Gasteiger partial charge in [0, 0.05) is 25.8 Å². The van der Waals surface area contributed by atoms with Crippen LogP contribution in [0.15, 0.2) is 24.3 Å². The Balaban J connectivity index is 1.63. The lowest BCUT2D eigenvalue weighted by Gasteiger charge is -2.24. The molecule has 1 heterocycles. The van der Waals surface area contributed by atoms with Crippen LogP contribution in [0.4, 0.5) is 4.39 Å². The molecule has 0 amide bonds. The molecule has 1 aromatic rings. The van der Waals surface area contributed by atoms with Gasteiger partial charge in [0.1, 0.15) is 24.3 Å². The fourth-order valence-electron chi connectivity index (χ4n) is 1.99. The van der Waals surface area contributed by atoms with Crippen molar-refractivity contribution in [1.29, 1.82) is 0 Å². The topological polar surface area (TPSA) is 50.7 Å². The lowest BCUT2D eigenvalue weighted by molar-refractivity contribution is 0.0655. The molecule has 0 spiro atoms. The molecule has 2 N–H and O–H groups in total. The third kappa shape index (κ3) is 5.14. The Hall–Kier alpha value is -1.17. The highest BCUT2D eigenvalue weighted by molar-refractivity contribution is 5.22. The van der Waals surface area contributed by atoms with Crippen LogP contribution < -0.4 is 10.1 Å². The first-order valence-electron chi connectivity index (χ1n) is 6.61. The summed E-state index contributed by atoms with van der Waals surface area (Å²) < 4.78 is 23.3. The van der Waals surface area contributed by atoms with Gasteiger partial charge in [-0.2, -0.15) is 0 Å². The second kappa shape index (κ2) is 7.43. The van der Waals surface area contributed by atoms with Gasteiger partial charge in [-0.15, -0.1) is 0 Å². The molecule has 4 nitrogen and oxygen atoms in total. The van der Waals surface area contributed by atoms with Crippen LogP contribution in [-0.4, -0.2) is 43.6 Å². The molecule has 0 saturated carbocycles. The number of halogens is 1. The van der Waals surface area contributed by atoms with Crippen LogP contribution in [-0.2, 0) is 4.74 Å². The van der Waals surface area contributed by atoms with Crippen molar-refractivity contribution in [2.75, 3.05) is 26.4 Å². The zero-order valence-corrected chi connectivity index (χ0v) is 10.8. The molecule has 1 aromatic carbocycles. The maximum absolute atomic E-state index is 12.7. The molecule has 19 heavy (non-hydrogen) atoms. The Labute approximate surface area is 112 Å². The Morgan fingerprint density at radius 3 is 2.68 bits per heavy atom. The molecule has 1 fully saturated rings. The van der Waals surface area contributed by atoms with Crippen LogP contribution >= 0.6 is 0 Å². The second-order valence-corrected chi connectivity index (χ2v) is 4.71. The van der Waals surface area contributed by atoms with Crippen molar-refractivity contribution in [2.45, 2.75) is 25.0 Å². The van der Waals surface area contributed by atoms with Crippen molar-refractivity contribution < 1.29 is 19.0 Å². The van der Waals surface area contributed by atoms with Gasteiger partial charge in [-0.1, -0.05) is 0 Å². The van der Waals surface area contributed by atoms with Crippen molar-refractivity contribution >= 4 is 0 Å². The molecular formula is C14H20FNO3. The van der Waals surface area contributed by atoms with E-state index in [0.717, 1.165) is 26.1 Å². The van der Waals surface area contributed by atoms with E-state index >= 15 is 0 Å². The van der Waals surface area contributed by atoms with Gasteiger partial charge in [0.2, 0.25) is 0 Å². The summed E-state index contributed by atoms with van der Waals surface area (Å²) in [6.45, 7) is 2.24. The summed E-state index contributed by atoms with van der Waals surface area (Å²) in [4.78, 5) is 0. The van der Waals surface area contributed by atoms with Gasteiger partial charge in [0.25, 0.3) is 0 Å². The van der Waals surface area contributed by atoms with Crippen LogP contribution in [0.1, 0.15) is 12.8 Å². The van der Waals surface area contributed by atoms with Crippen LogP contribution in [0.5, 0.6) is 5.75 Å². The minimum atomic E-state index is -0.576. The van der Waals surface area contributed by atoms with Crippen molar-refractivity contribution in [3.63, 3.8) is 0 Å². The number of rotatable bonds is 6. The zero-order chi connectivity index (χ0) is 13.5. The number of hydrogen-bond donors (Lipinski definition) is 2. The van der Waals surface area contributed by atoms with E-state index in [1.807, 2.05) is 0 Å². The lowest BCUT2D eigenvalue weighted by atomic mass is 10.1. The number of aliphatic hydroxyl groups excluding tert-OH is 1. The first-order chi connectivity index (χ1) is 9.24. The van der Waals surface area contributed by atoms with E-state index in [0.29, 0.717) is 18.3 Å². The van der Waals surface area contributed by atoms with Crippen LogP contribution in [0.2, 0.25) is 0 Å². The SMILES string of the molecule is O[C@H](CNC1CCOCC1)COc1ccc(F)cc1. The van der Waals surface area contributed by atoms with E-state index in [9.17, 15) is 9.50 Å². The van der Waals surface area contributed by atoms with Crippen LogP contribution in [0.25, 0.3) is 0 Å².